The number of rotatable bonds is 8. The lowest BCUT2D eigenvalue weighted by atomic mass is 10.2. The molecule has 1 fully saturated rings. The zero-order valence-corrected chi connectivity index (χ0v) is 13.8. The molecule has 0 aromatic heterocycles. The molecule has 3 nitrogen and oxygen atoms in total. The van der Waals surface area contributed by atoms with Gasteiger partial charge < -0.3 is 14.8 Å². The van der Waals surface area contributed by atoms with E-state index >= 15 is 0 Å². The number of thioether (sulfide) groups is 1. The van der Waals surface area contributed by atoms with E-state index in [4.69, 9.17) is 9.47 Å². The summed E-state index contributed by atoms with van der Waals surface area (Å²) in [5, 5.41) is 3.50. The molecule has 0 atom stereocenters. The fraction of sp³-hybridized carbons (Fsp3) is 0.571. The molecule has 0 heterocycles. The lowest BCUT2D eigenvalue weighted by Crippen LogP contribution is -2.15. The second-order valence-electron chi connectivity index (χ2n) is 4.61. The van der Waals surface area contributed by atoms with E-state index < -0.39 is 0 Å². The Balaban J connectivity index is 2.04. The number of hydrogen-bond acceptors (Lipinski definition) is 4. The molecule has 19 heavy (non-hydrogen) atoms. The summed E-state index contributed by atoms with van der Waals surface area (Å²) in [6.45, 7) is 1.57. The smallest absolute Gasteiger partial charge is 0.175 e. The first-order chi connectivity index (χ1) is 9.24. The molecule has 1 aromatic carbocycles. The van der Waals surface area contributed by atoms with Crippen molar-refractivity contribution >= 4 is 27.7 Å². The van der Waals surface area contributed by atoms with Crippen molar-refractivity contribution in [3.63, 3.8) is 0 Å². The highest BCUT2D eigenvalue weighted by molar-refractivity contribution is 9.10. The third-order valence-electron chi connectivity index (χ3n) is 3.00. The first-order valence-corrected chi connectivity index (χ1v) is 8.64. The van der Waals surface area contributed by atoms with Gasteiger partial charge in [-0.25, -0.2) is 0 Å². The molecule has 1 N–H and O–H groups in total. The summed E-state index contributed by atoms with van der Waals surface area (Å²) < 4.78 is 12.2. The van der Waals surface area contributed by atoms with Crippen LogP contribution in [-0.2, 0) is 6.54 Å². The maximum atomic E-state index is 5.78. The minimum Gasteiger partial charge on any atom is -0.493 e. The topological polar surface area (TPSA) is 30.5 Å². The highest BCUT2D eigenvalue weighted by atomic mass is 79.9. The van der Waals surface area contributed by atoms with Gasteiger partial charge >= 0.3 is 0 Å². The largest absolute Gasteiger partial charge is 0.493 e. The average Bonchev–Trinajstić information content (AvgIpc) is 3.22. The van der Waals surface area contributed by atoms with Crippen LogP contribution in [0.25, 0.3) is 0 Å². The molecule has 1 aliphatic rings. The number of benzene rings is 1. The Bertz CT molecular complexity index is 424. The maximum absolute atomic E-state index is 5.78. The van der Waals surface area contributed by atoms with E-state index in [1.165, 1.54) is 18.4 Å². The predicted molar refractivity (Wildman–Crippen MR) is 84.4 cm³/mol. The summed E-state index contributed by atoms with van der Waals surface area (Å²) in [6, 6.07) is 4.86. The molecule has 5 heteroatoms. The van der Waals surface area contributed by atoms with Crippen LogP contribution in [0.1, 0.15) is 18.4 Å². The molecule has 2 rings (SSSR count). The molecule has 0 saturated heterocycles. The van der Waals surface area contributed by atoms with Crippen molar-refractivity contribution in [1.29, 1.82) is 0 Å². The van der Waals surface area contributed by atoms with Gasteiger partial charge in [-0.3, -0.25) is 0 Å². The van der Waals surface area contributed by atoms with Gasteiger partial charge in [-0.05, 0) is 52.7 Å². The second kappa shape index (κ2) is 7.41. The van der Waals surface area contributed by atoms with E-state index in [9.17, 15) is 0 Å². The van der Waals surface area contributed by atoms with Gasteiger partial charge in [0.1, 0.15) is 0 Å². The van der Waals surface area contributed by atoms with E-state index in [0.29, 0.717) is 12.6 Å². The monoisotopic (exact) mass is 345 g/mol. The van der Waals surface area contributed by atoms with Gasteiger partial charge in [-0.1, -0.05) is 0 Å². The summed E-state index contributed by atoms with van der Waals surface area (Å²) in [5.74, 6) is 2.57. The summed E-state index contributed by atoms with van der Waals surface area (Å²) >= 11 is 5.34. The minimum atomic E-state index is 0.690. The maximum Gasteiger partial charge on any atom is 0.175 e. The summed E-state index contributed by atoms with van der Waals surface area (Å²) in [7, 11) is 1.68. The van der Waals surface area contributed by atoms with E-state index in [2.05, 4.69) is 39.6 Å². The summed E-state index contributed by atoms with van der Waals surface area (Å²) in [6.07, 6.45) is 4.67. The fourth-order valence-corrected chi connectivity index (χ4v) is 2.65. The molecule has 1 saturated carbocycles. The first kappa shape index (κ1) is 15.0. The molecule has 0 spiro atoms. The van der Waals surface area contributed by atoms with Crippen molar-refractivity contribution in [3.8, 4) is 11.5 Å². The molecular formula is C14H20BrNO2S. The Morgan fingerprint density at radius 1 is 1.42 bits per heavy atom. The van der Waals surface area contributed by atoms with Gasteiger partial charge in [0.25, 0.3) is 0 Å². The molecule has 1 aromatic rings. The van der Waals surface area contributed by atoms with Crippen molar-refractivity contribution in [1.82, 2.24) is 5.32 Å². The van der Waals surface area contributed by atoms with Crippen LogP contribution in [0.4, 0.5) is 0 Å². The van der Waals surface area contributed by atoms with Crippen LogP contribution in [0.5, 0.6) is 11.5 Å². The van der Waals surface area contributed by atoms with Crippen molar-refractivity contribution in [3.05, 3.63) is 22.2 Å². The van der Waals surface area contributed by atoms with Gasteiger partial charge in [0.2, 0.25) is 0 Å². The quantitative estimate of drug-likeness (QED) is 0.731. The third kappa shape index (κ3) is 4.58. The molecule has 0 amide bonds. The van der Waals surface area contributed by atoms with Crippen LogP contribution in [0.3, 0.4) is 0 Å². The van der Waals surface area contributed by atoms with E-state index in [0.717, 1.165) is 28.3 Å². The minimum absolute atomic E-state index is 0.690. The molecule has 0 radical (unpaired) electrons. The van der Waals surface area contributed by atoms with E-state index in [1.54, 1.807) is 18.9 Å². The molecule has 1 aliphatic carbocycles. The van der Waals surface area contributed by atoms with Crippen molar-refractivity contribution in [2.45, 2.75) is 25.4 Å². The lowest BCUT2D eigenvalue weighted by Gasteiger charge is -2.14. The van der Waals surface area contributed by atoms with Crippen LogP contribution in [-0.4, -0.2) is 31.8 Å². The van der Waals surface area contributed by atoms with Crippen LogP contribution < -0.4 is 14.8 Å². The van der Waals surface area contributed by atoms with Gasteiger partial charge in [-0.15, -0.1) is 0 Å². The average molecular weight is 346 g/mol. The fourth-order valence-electron chi connectivity index (χ4n) is 1.79. The third-order valence-corrected chi connectivity index (χ3v) is 4.16. The van der Waals surface area contributed by atoms with Crippen LogP contribution in [0, 0.1) is 0 Å². The van der Waals surface area contributed by atoms with E-state index in [1.807, 2.05) is 0 Å². The Kier molecular flexibility index (Phi) is 5.85. The molecule has 106 valence electrons. The zero-order valence-electron chi connectivity index (χ0n) is 11.4. The van der Waals surface area contributed by atoms with Gasteiger partial charge in [0.05, 0.1) is 18.2 Å². The standard InChI is InChI=1S/C14H20BrNO2S/c1-17-13-8-10(9-16-11-3-4-11)7-12(15)14(13)18-5-6-19-2/h7-8,11,16H,3-6,9H2,1-2H3. The molecule has 0 aliphatic heterocycles. The Labute approximate surface area is 127 Å². The number of nitrogens with one attached hydrogen (secondary N) is 1. The Morgan fingerprint density at radius 2 is 2.21 bits per heavy atom. The highest BCUT2D eigenvalue weighted by Crippen LogP contribution is 2.37. The Hall–Kier alpha value is -0.390. The normalized spacial score (nSPS) is 14.5. The molecule has 0 bridgehead atoms. The lowest BCUT2D eigenvalue weighted by molar-refractivity contribution is 0.311. The van der Waals surface area contributed by atoms with Crippen LogP contribution in [0.15, 0.2) is 16.6 Å². The number of ether oxygens (including phenoxy) is 2. The second-order valence-corrected chi connectivity index (χ2v) is 6.45. The number of halogens is 1. The van der Waals surface area contributed by atoms with Crippen LogP contribution >= 0.6 is 27.7 Å². The summed E-state index contributed by atoms with van der Waals surface area (Å²) in [4.78, 5) is 0. The zero-order chi connectivity index (χ0) is 13.7. The van der Waals surface area contributed by atoms with Crippen molar-refractivity contribution in [2.75, 3.05) is 25.7 Å². The first-order valence-electron chi connectivity index (χ1n) is 6.46. The SMILES string of the molecule is COc1cc(CNC2CC2)cc(Br)c1OCCSC. The van der Waals surface area contributed by atoms with E-state index in [-0.39, 0.29) is 0 Å². The molecular weight excluding hydrogens is 326 g/mol. The summed E-state index contributed by atoms with van der Waals surface area (Å²) in [5.41, 5.74) is 1.22. The number of methoxy groups -OCH3 is 1. The predicted octanol–water partition coefficient (Wildman–Crippen LogP) is 3.45. The highest BCUT2D eigenvalue weighted by Gasteiger charge is 2.20. The van der Waals surface area contributed by atoms with Gasteiger partial charge in [-0.2, -0.15) is 11.8 Å². The number of hydrogen-bond donors (Lipinski definition) is 1. The van der Waals surface area contributed by atoms with Crippen LogP contribution in [0.2, 0.25) is 0 Å². The Morgan fingerprint density at radius 3 is 2.84 bits per heavy atom. The van der Waals surface area contributed by atoms with Crippen molar-refractivity contribution in [2.24, 2.45) is 0 Å². The van der Waals surface area contributed by atoms with Crippen molar-refractivity contribution < 1.29 is 9.47 Å². The van der Waals surface area contributed by atoms with Gasteiger partial charge in [0, 0.05) is 18.3 Å². The van der Waals surface area contributed by atoms with Gasteiger partial charge in [0.15, 0.2) is 11.5 Å². The molecule has 0 unspecified atom stereocenters.